The van der Waals surface area contributed by atoms with Crippen LogP contribution >= 0.6 is 0 Å². The summed E-state index contributed by atoms with van der Waals surface area (Å²) in [6, 6.07) is 2.35. The van der Waals surface area contributed by atoms with Gasteiger partial charge in [-0.3, -0.25) is 5.10 Å². The molecule has 7 nitrogen and oxygen atoms in total. The van der Waals surface area contributed by atoms with Crippen LogP contribution in [0, 0.1) is 12.7 Å². The van der Waals surface area contributed by atoms with E-state index in [9.17, 15) is 12.8 Å². The van der Waals surface area contributed by atoms with E-state index in [4.69, 9.17) is 5.11 Å². The molecule has 0 atom stereocenters. The van der Waals surface area contributed by atoms with E-state index in [0.717, 1.165) is 6.07 Å². The van der Waals surface area contributed by atoms with Crippen molar-refractivity contribution in [2.75, 3.05) is 6.54 Å². The largest absolute Gasteiger partial charge is 0.392 e. The number of halogens is 1. The number of rotatable bonds is 6. The number of hydrogen-bond acceptors (Lipinski definition) is 5. The number of sulfonamides is 1. The highest BCUT2D eigenvalue weighted by Gasteiger charge is 2.17. The molecular weight excluding hydrogens is 299 g/mol. The third-order valence-electron chi connectivity index (χ3n) is 2.90. The van der Waals surface area contributed by atoms with Crippen molar-refractivity contribution in [1.29, 1.82) is 0 Å². The molecule has 0 aliphatic carbocycles. The molecule has 21 heavy (non-hydrogen) atoms. The Hall–Kier alpha value is -1.84. The molecule has 0 saturated heterocycles. The summed E-state index contributed by atoms with van der Waals surface area (Å²) in [5.41, 5.74) is 0.114. The first kappa shape index (κ1) is 15.5. The van der Waals surface area contributed by atoms with Crippen molar-refractivity contribution in [3.63, 3.8) is 0 Å². The Morgan fingerprint density at radius 1 is 1.43 bits per heavy atom. The molecule has 2 aromatic rings. The van der Waals surface area contributed by atoms with Gasteiger partial charge in [-0.05, 0) is 24.6 Å². The first-order chi connectivity index (χ1) is 9.94. The van der Waals surface area contributed by atoms with Gasteiger partial charge in [-0.1, -0.05) is 0 Å². The molecule has 2 rings (SSSR count). The number of benzene rings is 1. The van der Waals surface area contributed by atoms with Gasteiger partial charge in [-0.2, -0.15) is 5.10 Å². The second kappa shape index (κ2) is 6.29. The van der Waals surface area contributed by atoms with E-state index >= 15 is 0 Å². The van der Waals surface area contributed by atoms with Crippen molar-refractivity contribution in [3.8, 4) is 0 Å². The topological polar surface area (TPSA) is 108 Å². The first-order valence-corrected chi connectivity index (χ1v) is 7.66. The fourth-order valence-corrected chi connectivity index (χ4v) is 2.98. The van der Waals surface area contributed by atoms with Gasteiger partial charge in [0.05, 0.1) is 11.5 Å². The summed E-state index contributed by atoms with van der Waals surface area (Å²) in [7, 11) is -3.78. The molecule has 1 heterocycles. The van der Waals surface area contributed by atoms with Crippen LogP contribution in [0.4, 0.5) is 4.39 Å². The van der Waals surface area contributed by atoms with Crippen molar-refractivity contribution in [2.45, 2.75) is 24.8 Å². The average molecular weight is 314 g/mol. The number of nitrogens with zero attached hydrogens (tertiary/aromatic N) is 2. The molecule has 1 aromatic heterocycles. The van der Waals surface area contributed by atoms with Crippen molar-refractivity contribution < 1.29 is 17.9 Å². The highest BCUT2D eigenvalue weighted by atomic mass is 32.2. The summed E-state index contributed by atoms with van der Waals surface area (Å²) in [6.07, 6.45) is 1.69. The summed E-state index contributed by atoms with van der Waals surface area (Å²) < 4.78 is 40.3. The van der Waals surface area contributed by atoms with Crippen molar-refractivity contribution in [3.05, 3.63) is 41.2 Å². The molecule has 3 N–H and O–H groups in total. The predicted octanol–water partition coefficient (Wildman–Crippen LogP) is 0.266. The van der Waals surface area contributed by atoms with E-state index in [0.29, 0.717) is 12.2 Å². The molecule has 0 saturated carbocycles. The molecule has 0 bridgehead atoms. The number of nitrogens with one attached hydrogen (secondary N) is 2. The van der Waals surface area contributed by atoms with Gasteiger partial charge in [0.25, 0.3) is 0 Å². The Labute approximate surface area is 121 Å². The fraction of sp³-hybridized carbons (Fsp3) is 0.333. The van der Waals surface area contributed by atoms with Crippen LogP contribution in [0.15, 0.2) is 23.4 Å². The van der Waals surface area contributed by atoms with Crippen LogP contribution < -0.4 is 4.72 Å². The predicted molar refractivity (Wildman–Crippen MR) is 72.3 cm³/mol. The van der Waals surface area contributed by atoms with Crippen LogP contribution in [0.3, 0.4) is 0 Å². The zero-order chi connectivity index (χ0) is 15.5. The number of aliphatic hydroxyl groups excluding tert-OH is 1. The monoisotopic (exact) mass is 314 g/mol. The molecule has 0 radical (unpaired) electrons. The van der Waals surface area contributed by atoms with Gasteiger partial charge in [0.15, 0.2) is 0 Å². The van der Waals surface area contributed by atoms with Crippen molar-refractivity contribution in [1.82, 2.24) is 19.9 Å². The quantitative estimate of drug-likeness (QED) is 0.709. The van der Waals surface area contributed by atoms with Gasteiger partial charge in [0.1, 0.15) is 18.0 Å². The molecule has 0 fully saturated rings. The minimum atomic E-state index is -3.78. The van der Waals surface area contributed by atoms with Crippen LogP contribution in [0.2, 0.25) is 0 Å². The highest BCUT2D eigenvalue weighted by molar-refractivity contribution is 7.89. The van der Waals surface area contributed by atoms with Crippen LogP contribution in [-0.2, 0) is 23.1 Å². The average Bonchev–Trinajstić information content (AvgIpc) is 2.94. The highest BCUT2D eigenvalue weighted by Crippen LogP contribution is 2.19. The summed E-state index contributed by atoms with van der Waals surface area (Å²) in [6.45, 7) is 1.01. The minimum Gasteiger partial charge on any atom is -0.392 e. The third-order valence-corrected chi connectivity index (χ3v) is 4.34. The second-order valence-corrected chi connectivity index (χ2v) is 6.22. The zero-order valence-electron chi connectivity index (χ0n) is 11.3. The summed E-state index contributed by atoms with van der Waals surface area (Å²) >= 11 is 0. The van der Waals surface area contributed by atoms with Gasteiger partial charge in [-0.15, -0.1) is 0 Å². The zero-order valence-corrected chi connectivity index (χ0v) is 12.1. The minimum absolute atomic E-state index is 0.0504. The Bertz CT molecular complexity index is 716. The first-order valence-electron chi connectivity index (χ1n) is 6.18. The lowest BCUT2D eigenvalue weighted by Gasteiger charge is -2.10. The van der Waals surface area contributed by atoms with E-state index in [-0.39, 0.29) is 22.6 Å². The van der Waals surface area contributed by atoms with E-state index < -0.39 is 22.4 Å². The van der Waals surface area contributed by atoms with Crippen molar-refractivity contribution >= 4 is 10.0 Å². The van der Waals surface area contributed by atoms with Gasteiger partial charge in [0.2, 0.25) is 10.0 Å². The second-order valence-electron chi connectivity index (χ2n) is 4.45. The molecule has 0 aliphatic heterocycles. The van der Waals surface area contributed by atoms with Gasteiger partial charge in [-0.25, -0.2) is 22.5 Å². The Morgan fingerprint density at radius 2 is 2.19 bits per heavy atom. The number of hydrogen-bond donors (Lipinski definition) is 3. The maximum atomic E-state index is 13.6. The van der Waals surface area contributed by atoms with E-state index in [1.807, 2.05) is 0 Å². The maximum absolute atomic E-state index is 13.6. The standard InChI is InChI=1S/C12H15FN4O3S/c1-8-4-10(5-9(6-18)12(8)13)21(19,20)16-3-2-11-14-7-15-17-11/h4-5,7,16,18H,2-3,6H2,1H3,(H,14,15,17). The van der Waals surface area contributed by atoms with Gasteiger partial charge >= 0.3 is 0 Å². The van der Waals surface area contributed by atoms with Gasteiger partial charge in [0, 0.05) is 18.5 Å². The third kappa shape index (κ3) is 3.63. The van der Waals surface area contributed by atoms with E-state index in [1.165, 1.54) is 19.3 Å². The van der Waals surface area contributed by atoms with Crippen LogP contribution in [0.1, 0.15) is 17.0 Å². The van der Waals surface area contributed by atoms with E-state index in [1.54, 1.807) is 0 Å². The summed E-state index contributed by atoms with van der Waals surface area (Å²) in [5, 5.41) is 15.3. The molecule has 0 unspecified atom stereocenters. The SMILES string of the molecule is Cc1cc(S(=O)(=O)NCCc2ncn[nH]2)cc(CO)c1F. The Kier molecular flexibility index (Phi) is 4.66. The molecule has 0 aliphatic rings. The molecular formula is C12H15FN4O3S. The summed E-state index contributed by atoms with van der Waals surface area (Å²) in [5.74, 6) is -0.0397. The number of aromatic nitrogens is 3. The number of aliphatic hydroxyl groups is 1. The fourth-order valence-electron chi connectivity index (χ4n) is 1.82. The smallest absolute Gasteiger partial charge is 0.240 e. The van der Waals surface area contributed by atoms with Crippen molar-refractivity contribution in [2.24, 2.45) is 0 Å². The van der Waals surface area contributed by atoms with Crippen LogP contribution in [0.25, 0.3) is 0 Å². The molecule has 0 amide bonds. The normalized spacial score (nSPS) is 11.8. The number of H-pyrrole nitrogens is 1. The number of aryl methyl sites for hydroxylation is 1. The lowest BCUT2D eigenvalue weighted by Crippen LogP contribution is -2.26. The molecule has 114 valence electrons. The van der Waals surface area contributed by atoms with E-state index in [2.05, 4.69) is 19.9 Å². The van der Waals surface area contributed by atoms with Crippen LogP contribution in [-0.4, -0.2) is 35.3 Å². The maximum Gasteiger partial charge on any atom is 0.240 e. The molecule has 0 spiro atoms. The number of aromatic amines is 1. The van der Waals surface area contributed by atoms with Crippen LogP contribution in [0.5, 0.6) is 0 Å². The summed E-state index contributed by atoms with van der Waals surface area (Å²) in [4.78, 5) is 3.80. The lowest BCUT2D eigenvalue weighted by molar-refractivity contribution is 0.275. The molecule has 9 heteroatoms. The Morgan fingerprint density at radius 3 is 2.81 bits per heavy atom. The Balaban J connectivity index is 2.13. The molecule has 1 aromatic carbocycles. The lowest BCUT2D eigenvalue weighted by atomic mass is 10.1. The van der Waals surface area contributed by atoms with Gasteiger partial charge < -0.3 is 5.11 Å².